The van der Waals surface area contributed by atoms with Crippen LogP contribution in [0.3, 0.4) is 0 Å². The number of carbonyl (C=O) groups excluding carboxylic acids is 1. The number of anilines is 1. The van der Waals surface area contributed by atoms with Gasteiger partial charge in [-0.25, -0.2) is 4.79 Å². The van der Waals surface area contributed by atoms with Crippen LogP contribution in [-0.4, -0.2) is 18.7 Å². The molecule has 0 radical (unpaired) electrons. The first kappa shape index (κ1) is 12.8. The number of hydrogen-bond acceptors (Lipinski definition) is 5. The average Bonchev–Trinajstić information content (AvgIpc) is 2.31. The third-order valence-electron chi connectivity index (χ3n) is 2.06. The number of nitrogens with two attached hydrogens (primary N) is 1. The molecule has 0 aromatic heterocycles. The van der Waals surface area contributed by atoms with Crippen LogP contribution in [0.25, 0.3) is 0 Å². The van der Waals surface area contributed by atoms with Crippen molar-refractivity contribution < 1.29 is 14.3 Å². The molecule has 0 aliphatic carbocycles. The van der Waals surface area contributed by atoms with E-state index in [2.05, 4.69) is 0 Å². The molecule has 0 bridgehead atoms. The summed E-state index contributed by atoms with van der Waals surface area (Å²) < 4.78 is 10.2. The molecule has 1 atom stereocenters. The fourth-order valence-electron chi connectivity index (χ4n) is 1.22. The highest BCUT2D eigenvalue weighted by atomic mass is 16.6. The second-order valence-electron chi connectivity index (χ2n) is 3.38. The van der Waals surface area contributed by atoms with Crippen molar-refractivity contribution in [1.29, 1.82) is 5.26 Å². The van der Waals surface area contributed by atoms with Crippen LogP contribution >= 0.6 is 0 Å². The van der Waals surface area contributed by atoms with Crippen LogP contribution in [0.5, 0.6) is 5.75 Å². The largest absolute Gasteiger partial charge is 0.477 e. The Labute approximate surface area is 99.7 Å². The highest BCUT2D eigenvalue weighted by molar-refractivity contribution is 5.75. The van der Waals surface area contributed by atoms with Gasteiger partial charge >= 0.3 is 5.97 Å². The molecule has 0 spiro atoms. The van der Waals surface area contributed by atoms with E-state index in [4.69, 9.17) is 20.5 Å². The minimum absolute atomic E-state index is 0.301. The average molecular weight is 234 g/mol. The number of ether oxygens (including phenoxy) is 2. The lowest BCUT2D eigenvalue weighted by Crippen LogP contribution is -2.26. The van der Waals surface area contributed by atoms with E-state index in [1.807, 2.05) is 6.07 Å². The van der Waals surface area contributed by atoms with Crippen molar-refractivity contribution in [2.24, 2.45) is 0 Å². The molecule has 0 aliphatic rings. The summed E-state index contributed by atoms with van der Waals surface area (Å²) in [4.78, 5) is 11.3. The van der Waals surface area contributed by atoms with E-state index in [1.165, 1.54) is 6.07 Å². The lowest BCUT2D eigenvalue weighted by molar-refractivity contribution is -0.150. The first-order chi connectivity index (χ1) is 8.08. The van der Waals surface area contributed by atoms with E-state index < -0.39 is 12.1 Å². The second kappa shape index (κ2) is 5.75. The summed E-state index contributed by atoms with van der Waals surface area (Å²) in [6.45, 7) is 3.60. The summed E-state index contributed by atoms with van der Waals surface area (Å²) in [5, 5.41) is 8.67. The first-order valence-corrected chi connectivity index (χ1v) is 5.21. The van der Waals surface area contributed by atoms with Crippen LogP contribution in [0.1, 0.15) is 19.4 Å². The monoisotopic (exact) mass is 234 g/mol. The van der Waals surface area contributed by atoms with Gasteiger partial charge in [-0.3, -0.25) is 0 Å². The Morgan fingerprint density at radius 3 is 2.82 bits per heavy atom. The highest BCUT2D eigenvalue weighted by Gasteiger charge is 2.16. The zero-order chi connectivity index (χ0) is 12.8. The smallest absolute Gasteiger partial charge is 0.347 e. The number of nitrogen functional groups attached to an aromatic ring is 1. The normalized spacial score (nSPS) is 11.4. The summed E-state index contributed by atoms with van der Waals surface area (Å²) >= 11 is 0. The molecule has 1 aromatic rings. The Bertz CT molecular complexity index is 452. The third kappa shape index (κ3) is 3.38. The van der Waals surface area contributed by atoms with E-state index >= 15 is 0 Å². The van der Waals surface area contributed by atoms with Gasteiger partial charge in [0.15, 0.2) is 6.10 Å². The van der Waals surface area contributed by atoms with Crippen molar-refractivity contribution in [3.05, 3.63) is 23.8 Å². The Kier molecular flexibility index (Phi) is 4.35. The van der Waals surface area contributed by atoms with Gasteiger partial charge in [-0.15, -0.1) is 0 Å². The van der Waals surface area contributed by atoms with Crippen LogP contribution in [0.15, 0.2) is 18.2 Å². The summed E-state index contributed by atoms with van der Waals surface area (Å²) in [6.07, 6.45) is -0.731. The van der Waals surface area contributed by atoms with Gasteiger partial charge in [0.2, 0.25) is 0 Å². The van der Waals surface area contributed by atoms with Gasteiger partial charge in [-0.2, -0.15) is 5.26 Å². The molecule has 1 aromatic carbocycles. The lowest BCUT2D eigenvalue weighted by Gasteiger charge is -2.14. The zero-order valence-electron chi connectivity index (χ0n) is 9.77. The van der Waals surface area contributed by atoms with Crippen molar-refractivity contribution in [2.45, 2.75) is 20.0 Å². The van der Waals surface area contributed by atoms with Crippen molar-refractivity contribution in [1.82, 2.24) is 0 Å². The molecule has 1 unspecified atom stereocenters. The van der Waals surface area contributed by atoms with Gasteiger partial charge in [0.05, 0.1) is 23.9 Å². The van der Waals surface area contributed by atoms with Gasteiger partial charge in [-0.05, 0) is 32.0 Å². The van der Waals surface area contributed by atoms with Gasteiger partial charge in [0.25, 0.3) is 0 Å². The summed E-state index contributed by atoms with van der Waals surface area (Å²) in [5.41, 5.74) is 6.45. The maximum Gasteiger partial charge on any atom is 0.347 e. The first-order valence-electron chi connectivity index (χ1n) is 5.21. The van der Waals surface area contributed by atoms with E-state index in [1.54, 1.807) is 26.0 Å². The molecular weight excluding hydrogens is 220 g/mol. The van der Waals surface area contributed by atoms with Crippen molar-refractivity contribution in [2.75, 3.05) is 12.3 Å². The molecule has 2 N–H and O–H groups in total. The lowest BCUT2D eigenvalue weighted by atomic mass is 10.2. The molecule has 1 rings (SSSR count). The van der Waals surface area contributed by atoms with E-state index in [9.17, 15) is 4.79 Å². The van der Waals surface area contributed by atoms with Gasteiger partial charge in [0.1, 0.15) is 5.75 Å². The third-order valence-corrected chi connectivity index (χ3v) is 2.06. The summed E-state index contributed by atoms with van der Waals surface area (Å²) in [5.74, 6) is -0.0826. The van der Waals surface area contributed by atoms with Crippen molar-refractivity contribution >= 4 is 11.7 Å². The highest BCUT2D eigenvalue weighted by Crippen LogP contribution is 2.23. The standard InChI is InChI=1S/C12H14N2O3/c1-3-16-12(15)8(2)17-11-5-4-9(7-13)6-10(11)14/h4-6,8H,3,14H2,1-2H3. The molecule has 5 nitrogen and oxygen atoms in total. The van der Waals surface area contributed by atoms with Crippen LogP contribution in [-0.2, 0) is 9.53 Å². The number of esters is 1. The number of nitriles is 1. The van der Waals surface area contributed by atoms with Gasteiger partial charge < -0.3 is 15.2 Å². The molecule has 0 heterocycles. The molecule has 0 saturated heterocycles. The Hall–Kier alpha value is -2.22. The number of carbonyl (C=O) groups is 1. The SMILES string of the molecule is CCOC(=O)C(C)Oc1ccc(C#N)cc1N. The molecular formula is C12H14N2O3. The summed E-state index contributed by atoms with van der Waals surface area (Å²) in [7, 11) is 0. The van der Waals surface area contributed by atoms with Crippen molar-refractivity contribution in [3.63, 3.8) is 0 Å². The fraction of sp³-hybridized carbons (Fsp3) is 0.333. The minimum atomic E-state index is -0.731. The minimum Gasteiger partial charge on any atom is -0.477 e. The Morgan fingerprint density at radius 1 is 1.59 bits per heavy atom. The van der Waals surface area contributed by atoms with E-state index in [0.717, 1.165) is 0 Å². The van der Waals surface area contributed by atoms with Crippen molar-refractivity contribution in [3.8, 4) is 11.8 Å². The molecule has 0 fully saturated rings. The van der Waals surface area contributed by atoms with Gasteiger partial charge in [-0.1, -0.05) is 0 Å². The topological polar surface area (TPSA) is 85.3 Å². The molecule has 0 amide bonds. The number of nitrogens with zero attached hydrogens (tertiary/aromatic N) is 1. The molecule has 5 heteroatoms. The van der Waals surface area contributed by atoms with E-state index in [-0.39, 0.29) is 0 Å². The van der Waals surface area contributed by atoms with Crippen LogP contribution in [0, 0.1) is 11.3 Å². The maximum atomic E-state index is 11.3. The number of benzene rings is 1. The van der Waals surface area contributed by atoms with Gasteiger partial charge in [0, 0.05) is 0 Å². The Balaban J connectivity index is 2.75. The van der Waals surface area contributed by atoms with Crippen LogP contribution in [0.4, 0.5) is 5.69 Å². The summed E-state index contributed by atoms with van der Waals surface area (Å²) in [6, 6.07) is 6.59. The molecule has 17 heavy (non-hydrogen) atoms. The fourth-order valence-corrected chi connectivity index (χ4v) is 1.22. The quantitative estimate of drug-likeness (QED) is 0.629. The van der Waals surface area contributed by atoms with E-state index in [0.29, 0.717) is 23.6 Å². The molecule has 0 aliphatic heterocycles. The second-order valence-corrected chi connectivity index (χ2v) is 3.38. The zero-order valence-corrected chi connectivity index (χ0v) is 9.77. The molecule has 90 valence electrons. The predicted octanol–water partition coefficient (Wildman–Crippen LogP) is 1.47. The van der Waals surface area contributed by atoms with Crippen LogP contribution < -0.4 is 10.5 Å². The Morgan fingerprint density at radius 2 is 2.29 bits per heavy atom. The molecule has 0 saturated carbocycles. The van der Waals surface area contributed by atoms with Crippen LogP contribution in [0.2, 0.25) is 0 Å². The predicted molar refractivity (Wildman–Crippen MR) is 62.3 cm³/mol. The number of rotatable bonds is 4. The maximum absolute atomic E-state index is 11.3. The number of hydrogen-bond donors (Lipinski definition) is 1.